The molecule has 1 unspecified atom stereocenters. The van der Waals surface area contributed by atoms with Crippen LogP contribution < -0.4 is 11.1 Å². The van der Waals surface area contributed by atoms with Crippen molar-refractivity contribution >= 4 is 22.9 Å². The summed E-state index contributed by atoms with van der Waals surface area (Å²) in [6.07, 6.45) is -0.597. The van der Waals surface area contributed by atoms with Crippen LogP contribution in [0.1, 0.15) is 15.2 Å². The first-order chi connectivity index (χ1) is 10.1. The molecule has 1 amide bonds. The van der Waals surface area contributed by atoms with Gasteiger partial charge < -0.3 is 20.9 Å². The Bertz CT molecular complexity index is 555. The summed E-state index contributed by atoms with van der Waals surface area (Å²) in [5.74, 6) is -0.455. The quantitative estimate of drug-likeness (QED) is 0.695. The van der Waals surface area contributed by atoms with E-state index in [9.17, 15) is 9.90 Å². The van der Waals surface area contributed by atoms with Crippen molar-refractivity contribution in [2.45, 2.75) is 12.7 Å². The molecule has 5 nitrogen and oxygen atoms in total. The molecule has 6 heteroatoms. The Morgan fingerprint density at radius 1 is 1.33 bits per heavy atom. The van der Waals surface area contributed by atoms with Gasteiger partial charge in [-0.05, 0) is 35.7 Å². The third-order valence-electron chi connectivity index (χ3n) is 2.85. The van der Waals surface area contributed by atoms with Crippen LogP contribution in [-0.2, 0) is 11.3 Å². The molecule has 4 N–H and O–H groups in total. The second-order valence-electron chi connectivity index (χ2n) is 4.57. The Hall–Kier alpha value is -1.89. The van der Waals surface area contributed by atoms with Crippen molar-refractivity contribution in [2.24, 2.45) is 5.73 Å². The lowest BCUT2D eigenvalue weighted by atomic mass is 10.2. The number of hydrogen-bond donors (Lipinski definition) is 3. The fraction of sp³-hybridized carbons (Fsp3) is 0.267. The first-order valence-electron chi connectivity index (χ1n) is 6.57. The zero-order valence-electron chi connectivity index (χ0n) is 11.5. The van der Waals surface area contributed by atoms with Crippen molar-refractivity contribution in [1.29, 1.82) is 0 Å². The summed E-state index contributed by atoms with van der Waals surface area (Å²) in [4.78, 5) is 12.1. The number of carbonyl (C=O) groups is 1. The number of thiophene rings is 1. The van der Waals surface area contributed by atoms with Crippen molar-refractivity contribution < 1.29 is 14.6 Å². The summed E-state index contributed by atoms with van der Waals surface area (Å²) >= 11 is 1.63. The van der Waals surface area contributed by atoms with E-state index in [1.165, 1.54) is 0 Å². The lowest BCUT2D eigenvalue weighted by Gasteiger charge is -2.13. The lowest BCUT2D eigenvalue weighted by Crippen LogP contribution is -2.24. The number of ether oxygens (including phenoxy) is 1. The van der Waals surface area contributed by atoms with Crippen molar-refractivity contribution in [3.8, 4) is 0 Å². The van der Waals surface area contributed by atoms with E-state index < -0.39 is 12.0 Å². The number of primary amides is 1. The van der Waals surface area contributed by atoms with Gasteiger partial charge >= 0.3 is 0 Å². The van der Waals surface area contributed by atoms with Gasteiger partial charge in [0.05, 0.1) is 19.3 Å². The number of benzene rings is 1. The Kier molecular flexibility index (Phi) is 5.74. The van der Waals surface area contributed by atoms with E-state index in [-0.39, 0.29) is 6.61 Å². The maximum Gasteiger partial charge on any atom is 0.248 e. The first kappa shape index (κ1) is 15.5. The van der Waals surface area contributed by atoms with Gasteiger partial charge in [-0.15, -0.1) is 11.3 Å². The van der Waals surface area contributed by atoms with E-state index in [0.717, 1.165) is 10.6 Å². The standard InChI is InChI=1S/C15H18N2O3S/c16-15(19)11-3-5-12(6-4-11)17-8-13(18)9-20-10-14-2-1-7-21-14/h1-7,13,17-18H,8-10H2,(H2,16,19). The number of nitrogens with one attached hydrogen (secondary N) is 1. The molecule has 2 rings (SSSR count). The van der Waals surface area contributed by atoms with E-state index in [0.29, 0.717) is 18.7 Å². The van der Waals surface area contributed by atoms with Crippen LogP contribution in [-0.4, -0.2) is 30.3 Å². The summed E-state index contributed by atoms with van der Waals surface area (Å²) < 4.78 is 5.44. The van der Waals surface area contributed by atoms with E-state index >= 15 is 0 Å². The Morgan fingerprint density at radius 3 is 2.71 bits per heavy atom. The summed E-state index contributed by atoms with van der Waals surface area (Å²) in [5, 5.41) is 14.9. The van der Waals surface area contributed by atoms with Crippen LogP contribution in [0.3, 0.4) is 0 Å². The van der Waals surface area contributed by atoms with E-state index in [1.54, 1.807) is 35.6 Å². The average Bonchev–Trinajstić information content (AvgIpc) is 2.99. The minimum atomic E-state index is -0.597. The Balaban J connectivity index is 1.68. The van der Waals surface area contributed by atoms with Crippen LogP contribution >= 0.6 is 11.3 Å². The second kappa shape index (κ2) is 7.78. The summed E-state index contributed by atoms with van der Waals surface area (Å²) in [7, 11) is 0. The van der Waals surface area contributed by atoms with Gasteiger partial charge in [-0.3, -0.25) is 4.79 Å². The molecule has 0 bridgehead atoms. The van der Waals surface area contributed by atoms with Crippen molar-refractivity contribution in [1.82, 2.24) is 0 Å². The molecule has 0 aliphatic rings. The number of amides is 1. The van der Waals surface area contributed by atoms with E-state index in [1.807, 2.05) is 17.5 Å². The van der Waals surface area contributed by atoms with Gasteiger partial charge in [-0.25, -0.2) is 0 Å². The normalized spacial score (nSPS) is 12.0. The van der Waals surface area contributed by atoms with Gasteiger partial charge in [0.15, 0.2) is 0 Å². The monoisotopic (exact) mass is 306 g/mol. The van der Waals surface area contributed by atoms with Crippen molar-refractivity contribution in [2.75, 3.05) is 18.5 Å². The topological polar surface area (TPSA) is 84.6 Å². The van der Waals surface area contributed by atoms with Gasteiger partial charge in [0.2, 0.25) is 5.91 Å². The maximum absolute atomic E-state index is 10.9. The molecule has 1 aromatic carbocycles. The SMILES string of the molecule is NC(=O)c1ccc(NCC(O)COCc2cccs2)cc1. The highest BCUT2D eigenvalue weighted by Crippen LogP contribution is 2.11. The molecule has 0 saturated heterocycles. The molecule has 0 fully saturated rings. The Labute approximate surface area is 127 Å². The summed E-state index contributed by atoms with van der Waals surface area (Å²) in [6.45, 7) is 1.16. The molecule has 1 heterocycles. The van der Waals surface area contributed by atoms with E-state index in [4.69, 9.17) is 10.5 Å². The van der Waals surface area contributed by atoms with E-state index in [2.05, 4.69) is 5.32 Å². The number of carbonyl (C=O) groups excluding carboxylic acids is 1. The van der Waals surface area contributed by atoms with Crippen molar-refractivity contribution in [3.05, 3.63) is 52.2 Å². The van der Waals surface area contributed by atoms with Gasteiger partial charge in [0.1, 0.15) is 0 Å². The molecule has 0 aliphatic carbocycles. The van der Waals surface area contributed by atoms with Crippen LogP contribution in [0.25, 0.3) is 0 Å². The van der Waals surface area contributed by atoms with Crippen LogP contribution in [0.4, 0.5) is 5.69 Å². The van der Waals surface area contributed by atoms with Gasteiger partial charge in [-0.2, -0.15) is 0 Å². The molecule has 0 radical (unpaired) electrons. The fourth-order valence-electron chi connectivity index (χ4n) is 1.74. The third kappa shape index (κ3) is 5.18. The fourth-order valence-corrected chi connectivity index (χ4v) is 2.38. The molecule has 0 aliphatic heterocycles. The molecule has 1 aromatic heterocycles. The molecular formula is C15H18N2O3S. The maximum atomic E-state index is 10.9. The van der Waals surface area contributed by atoms with Gasteiger partial charge in [0, 0.05) is 22.7 Å². The van der Waals surface area contributed by atoms with Crippen LogP contribution in [0.15, 0.2) is 41.8 Å². The predicted molar refractivity (Wildman–Crippen MR) is 83.4 cm³/mol. The third-order valence-corrected chi connectivity index (χ3v) is 3.70. The highest BCUT2D eigenvalue weighted by molar-refractivity contribution is 7.09. The lowest BCUT2D eigenvalue weighted by molar-refractivity contribution is 0.0359. The van der Waals surface area contributed by atoms with Crippen LogP contribution in [0.2, 0.25) is 0 Å². The molecule has 0 spiro atoms. The number of rotatable bonds is 8. The molecule has 2 aromatic rings. The molecule has 21 heavy (non-hydrogen) atoms. The molecule has 0 saturated carbocycles. The van der Waals surface area contributed by atoms with Gasteiger partial charge in [0.25, 0.3) is 0 Å². The van der Waals surface area contributed by atoms with Crippen molar-refractivity contribution in [3.63, 3.8) is 0 Å². The summed E-state index contributed by atoms with van der Waals surface area (Å²) in [6, 6.07) is 10.7. The first-order valence-corrected chi connectivity index (χ1v) is 7.45. The number of aliphatic hydroxyl groups excluding tert-OH is 1. The number of anilines is 1. The highest BCUT2D eigenvalue weighted by Gasteiger charge is 2.05. The number of hydrogen-bond acceptors (Lipinski definition) is 5. The number of nitrogens with two attached hydrogens (primary N) is 1. The molecule has 1 atom stereocenters. The minimum Gasteiger partial charge on any atom is -0.389 e. The second-order valence-corrected chi connectivity index (χ2v) is 5.60. The predicted octanol–water partition coefficient (Wildman–Crippen LogP) is 1.84. The van der Waals surface area contributed by atoms with Gasteiger partial charge in [-0.1, -0.05) is 6.07 Å². The Morgan fingerprint density at radius 2 is 2.10 bits per heavy atom. The molecular weight excluding hydrogens is 288 g/mol. The highest BCUT2D eigenvalue weighted by atomic mass is 32.1. The van der Waals surface area contributed by atoms with Crippen LogP contribution in [0, 0.1) is 0 Å². The largest absolute Gasteiger partial charge is 0.389 e. The minimum absolute atomic E-state index is 0.268. The average molecular weight is 306 g/mol. The smallest absolute Gasteiger partial charge is 0.248 e. The summed E-state index contributed by atoms with van der Waals surface area (Å²) in [5.41, 5.74) is 6.44. The van der Waals surface area contributed by atoms with Crippen LogP contribution in [0.5, 0.6) is 0 Å². The zero-order valence-corrected chi connectivity index (χ0v) is 12.3. The zero-order chi connectivity index (χ0) is 15.1. The number of aliphatic hydroxyl groups is 1. The molecule has 112 valence electrons.